The van der Waals surface area contributed by atoms with Crippen molar-refractivity contribution in [2.45, 2.75) is 23.8 Å². The van der Waals surface area contributed by atoms with E-state index in [4.69, 9.17) is 9.47 Å². The summed E-state index contributed by atoms with van der Waals surface area (Å²) in [6, 6.07) is 15.6. The van der Waals surface area contributed by atoms with Gasteiger partial charge in [-0.2, -0.15) is 0 Å². The third-order valence-electron chi connectivity index (χ3n) is 7.42. The van der Waals surface area contributed by atoms with E-state index in [1.807, 2.05) is 55.5 Å². The van der Waals surface area contributed by atoms with Crippen LogP contribution in [0.5, 0.6) is 0 Å². The van der Waals surface area contributed by atoms with Gasteiger partial charge in [0.1, 0.15) is 5.54 Å². The Kier molecular flexibility index (Phi) is 8.34. The number of amides is 2. The van der Waals surface area contributed by atoms with Gasteiger partial charge in [-0.15, -0.1) is 11.8 Å². The van der Waals surface area contributed by atoms with E-state index < -0.39 is 5.54 Å². The van der Waals surface area contributed by atoms with E-state index >= 15 is 0 Å². The number of ether oxygens (including phenoxy) is 2. The summed E-state index contributed by atoms with van der Waals surface area (Å²) in [4.78, 5) is 35.0. The van der Waals surface area contributed by atoms with Crippen LogP contribution < -0.4 is 10.2 Å². The second-order valence-corrected chi connectivity index (χ2v) is 10.9. The van der Waals surface area contributed by atoms with Crippen LogP contribution in [-0.4, -0.2) is 98.6 Å². The smallest absolute Gasteiger partial charge is 0.255 e. The Morgan fingerprint density at radius 3 is 2.35 bits per heavy atom. The Labute approximate surface area is 223 Å². The monoisotopic (exact) mass is 524 g/mol. The molecule has 0 unspecified atom stereocenters. The van der Waals surface area contributed by atoms with Gasteiger partial charge >= 0.3 is 0 Å². The summed E-state index contributed by atoms with van der Waals surface area (Å²) < 4.78 is 10.9. The van der Waals surface area contributed by atoms with Gasteiger partial charge in [0.25, 0.3) is 11.8 Å². The molecule has 3 aliphatic heterocycles. The molecular weight excluding hydrogens is 488 g/mol. The lowest BCUT2D eigenvalue weighted by atomic mass is 9.98. The molecule has 8 nitrogen and oxygen atoms in total. The van der Waals surface area contributed by atoms with Gasteiger partial charge in [-0.1, -0.05) is 12.1 Å². The van der Waals surface area contributed by atoms with Crippen LogP contribution >= 0.6 is 11.8 Å². The molecule has 2 amide bonds. The number of carbonyl (C=O) groups excluding carboxylic acids is 2. The molecule has 3 aliphatic rings. The molecule has 2 aromatic carbocycles. The number of nitrogens with zero attached hydrogens (tertiary/aromatic N) is 3. The third kappa shape index (κ3) is 5.95. The molecule has 198 valence electrons. The fourth-order valence-corrected chi connectivity index (χ4v) is 6.30. The minimum atomic E-state index is -0.991. The zero-order valence-electron chi connectivity index (χ0n) is 21.5. The maximum Gasteiger partial charge on any atom is 0.255 e. The number of carbonyl (C=O) groups is 2. The first-order valence-electron chi connectivity index (χ1n) is 13.1. The molecule has 0 aliphatic carbocycles. The molecule has 0 spiro atoms. The largest absolute Gasteiger partial charge is 0.379 e. The summed E-state index contributed by atoms with van der Waals surface area (Å²) in [6.45, 7) is 9.79. The highest BCUT2D eigenvalue weighted by atomic mass is 32.2. The molecule has 37 heavy (non-hydrogen) atoms. The maximum atomic E-state index is 13.8. The van der Waals surface area contributed by atoms with E-state index in [0.717, 1.165) is 81.8 Å². The Hall–Kier alpha value is -2.59. The van der Waals surface area contributed by atoms with E-state index in [1.165, 1.54) is 0 Å². The normalized spacial score (nSPS) is 22.9. The average Bonchev–Trinajstić information content (AvgIpc) is 3.05. The lowest BCUT2D eigenvalue weighted by molar-refractivity contribution is -0.124. The first-order chi connectivity index (χ1) is 18.0. The van der Waals surface area contributed by atoms with Crippen LogP contribution in [0.2, 0.25) is 0 Å². The Morgan fingerprint density at radius 2 is 1.62 bits per heavy atom. The van der Waals surface area contributed by atoms with E-state index in [1.54, 1.807) is 16.7 Å². The fraction of sp³-hybridized carbons (Fsp3) is 0.500. The van der Waals surface area contributed by atoms with Gasteiger partial charge in [0.15, 0.2) is 0 Å². The van der Waals surface area contributed by atoms with Crippen LogP contribution in [0, 0.1) is 0 Å². The SMILES string of the molecule is C[C@@]1(C(=O)Nc2ccc(N3CCOCC3)cc2)CSc2ccccc2C(=O)N1CCCN1CCOCC1. The second kappa shape index (κ2) is 11.9. The molecule has 2 fully saturated rings. The van der Waals surface area contributed by atoms with E-state index in [0.29, 0.717) is 17.9 Å². The minimum Gasteiger partial charge on any atom is -0.379 e. The zero-order chi connectivity index (χ0) is 25.7. The van der Waals surface area contributed by atoms with Gasteiger partial charge in [0.05, 0.1) is 32.0 Å². The molecule has 0 saturated carbocycles. The summed E-state index contributed by atoms with van der Waals surface area (Å²) >= 11 is 1.58. The summed E-state index contributed by atoms with van der Waals surface area (Å²) in [7, 11) is 0. The van der Waals surface area contributed by atoms with Crippen molar-refractivity contribution in [2.24, 2.45) is 0 Å². The van der Waals surface area contributed by atoms with E-state index in [9.17, 15) is 9.59 Å². The van der Waals surface area contributed by atoms with Crippen molar-refractivity contribution in [2.75, 3.05) is 81.7 Å². The first kappa shape index (κ1) is 26.0. The third-order valence-corrected chi connectivity index (χ3v) is 8.79. The molecule has 1 N–H and O–H groups in total. The van der Waals surface area contributed by atoms with Crippen molar-refractivity contribution < 1.29 is 19.1 Å². The van der Waals surface area contributed by atoms with Crippen LogP contribution in [0.3, 0.4) is 0 Å². The van der Waals surface area contributed by atoms with Gasteiger partial charge in [-0.25, -0.2) is 0 Å². The zero-order valence-corrected chi connectivity index (χ0v) is 22.3. The molecule has 0 aromatic heterocycles. The quantitative estimate of drug-likeness (QED) is 0.596. The molecule has 0 radical (unpaired) electrons. The number of hydrogen-bond acceptors (Lipinski definition) is 7. The van der Waals surface area contributed by atoms with Crippen molar-refractivity contribution in [3.63, 3.8) is 0 Å². The number of benzene rings is 2. The predicted molar refractivity (Wildman–Crippen MR) is 147 cm³/mol. The Morgan fingerprint density at radius 1 is 0.946 bits per heavy atom. The summed E-state index contributed by atoms with van der Waals surface area (Å²) in [5, 5.41) is 3.11. The van der Waals surface area contributed by atoms with Crippen molar-refractivity contribution in [3.05, 3.63) is 54.1 Å². The van der Waals surface area contributed by atoms with Gasteiger partial charge in [0.2, 0.25) is 0 Å². The number of morpholine rings is 2. The maximum absolute atomic E-state index is 13.8. The molecule has 5 rings (SSSR count). The highest BCUT2D eigenvalue weighted by Gasteiger charge is 2.45. The van der Waals surface area contributed by atoms with Gasteiger partial charge < -0.3 is 24.6 Å². The van der Waals surface area contributed by atoms with E-state index in [2.05, 4.69) is 15.1 Å². The number of hydrogen-bond donors (Lipinski definition) is 1. The van der Waals surface area contributed by atoms with Crippen LogP contribution in [-0.2, 0) is 14.3 Å². The Bertz CT molecular complexity index is 1090. The number of rotatable bonds is 7. The number of anilines is 2. The minimum absolute atomic E-state index is 0.0807. The second-order valence-electron chi connectivity index (χ2n) is 9.92. The number of fused-ring (bicyclic) bond motifs is 1. The molecule has 9 heteroatoms. The van der Waals surface area contributed by atoms with Crippen LogP contribution in [0.4, 0.5) is 11.4 Å². The van der Waals surface area contributed by atoms with Crippen LogP contribution in [0.15, 0.2) is 53.4 Å². The summed E-state index contributed by atoms with van der Waals surface area (Å²) in [5.41, 5.74) is 1.53. The van der Waals surface area contributed by atoms with Gasteiger partial charge in [-0.05, 0) is 49.7 Å². The van der Waals surface area contributed by atoms with Crippen molar-refractivity contribution in [1.82, 2.24) is 9.80 Å². The first-order valence-corrected chi connectivity index (χ1v) is 14.1. The fourth-order valence-electron chi connectivity index (χ4n) is 5.09. The van der Waals surface area contributed by atoms with Crippen molar-refractivity contribution in [1.29, 1.82) is 0 Å². The van der Waals surface area contributed by atoms with Gasteiger partial charge in [-0.3, -0.25) is 14.5 Å². The molecule has 0 bridgehead atoms. The summed E-state index contributed by atoms with van der Waals surface area (Å²) in [5.74, 6) is 0.250. The molecule has 2 aromatic rings. The van der Waals surface area contributed by atoms with Crippen molar-refractivity contribution >= 4 is 35.0 Å². The van der Waals surface area contributed by atoms with Crippen molar-refractivity contribution in [3.8, 4) is 0 Å². The Balaban J connectivity index is 1.32. The van der Waals surface area contributed by atoms with Crippen LogP contribution in [0.25, 0.3) is 0 Å². The number of thioether (sulfide) groups is 1. The standard InChI is InChI=1S/C28H36N4O4S/c1-28(27(34)29-22-7-9-23(10-8-22)31-15-19-36-20-16-31)21-37-25-6-3-2-5-24(25)26(33)32(28)12-4-11-30-13-17-35-18-14-30/h2-3,5-10H,4,11-21H2,1H3,(H,29,34)/t28-/m0/s1. The molecule has 1 atom stereocenters. The summed E-state index contributed by atoms with van der Waals surface area (Å²) in [6.07, 6.45) is 0.801. The topological polar surface area (TPSA) is 74.4 Å². The highest BCUT2D eigenvalue weighted by molar-refractivity contribution is 7.99. The number of nitrogens with one attached hydrogen (secondary N) is 1. The molecular formula is C28H36N4O4S. The highest BCUT2D eigenvalue weighted by Crippen LogP contribution is 2.36. The van der Waals surface area contributed by atoms with Gasteiger partial charge in [0, 0.05) is 61.3 Å². The predicted octanol–water partition coefficient (Wildman–Crippen LogP) is 3.19. The molecule has 3 heterocycles. The average molecular weight is 525 g/mol. The lowest BCUT2D eigenvalue weighted by Crippen LogP contribution is -2.58. The van der Waals surface area contributed by atoms with E-state index in [-0.39, 0.29) is 11.8 Å². The lowest BCUT2D eigenvalue weighted by Gasteiger charge is -2.39. The molecule has 2 saturated heterocycles. The van der Waals surface area contributed by atoms with Crippen LogP contribution in [0.1, 0.15) is 23.7 Å².